The van der Waals surface area contributed by atoms with Crippen molar-refractivity contribution >= 4 is 84.4 Å². The third-order valence-electron chi connectivity index (χ3n) is 4.93. The number of carbonyl (C=O) groups excluding carboxylic acids is 2. The normalized spacial score (nSPS) is 19.4. The van der Waals surface area contributed by atoms with E-state index in [-0.39, 0.29) is 56.6 Å². The Bertz CT molecular complexity index is 1370. The van der Waals surface area contributed by atoms with Gasteiger partial charge in [-0.3, -0.25) is 23.6 Å². The number of thiocarbonyl (C=S) groups is 1. The zero-order valence-electron chi connectivity index (χ0n) is 19.4. The van der Waals surface area contributed by atoms with E-state index in [9.17, 15) is 27.9 Å². The molecule has 3 rings (SSSR count). The molecule has 0 atom stereocenters. The molecule has 1 N–H and O–H groups in total. The van der Waals surface area contributed by atoms with Crippen LogP contribution in [-0.2, 0) is 26.3 Å². The van der Waals surface area contributed by atoms with Crippen molar-refractivity contribution in [2.75, 3.05) is 31.1 Å². The van der Waals surface area contributed by atoms with Gasteiger partial charge in [0.25, 0.3) is 21.6 Å². The molecule has 1 aromatic rings. The van der Waals surface area contributed by atoms with Crippen LogP contribution in [0.4, 0.5) is 0 Å². The van der Waals surface area contributed by atoms with Gasteiger partial charge < -0.3 is 14.8 Å². The Balaban J connectivity index is 0.00000456. The van der Waals surface area contributed by atoms with E-state index in [0.717, 1.165) is 45.3 Å². The summed E-state index contributed by atoms with van der Waals surface area (Å²) < 4.78 is 32.9. The van der Waals surface area contributed by atoms with E-state index >= 15 is 0 Å². The summed E-state index contributed by atoms with van der Waals surface area (Å²) in [5, 5.41) is 11.9. The van der Waals surface area contributed by atoms with Crippen LogP contribution in [0.2, 0.25) is 0 Å². The Labute approximate surface area is 247 Å². The fraction of sp³-hybridized carbons (Fsp3) is 0.400. The van der Waals surface area contributed by atoms with Gasteiger partial charge in [-0.15, -0.1) is 29.7 Å². The van der Waals surface area contributed by atoms with E-state index in [0.29, 0.717) is 28.6 Å². The fourth-order valence-electron chi connectivity index (χ4n) is 3.36. The van der Waals surface area contributed by atoms with E-state index in [2.05, 4.69) is 11.5 Å². The summed E-state index contributed by atoms with van der Waals surface area (Å²) in [6.07, 6.45) is 5.96. The number of unbranched alkanes of at least 4 members (excludes halogenated alkanes) is 1. The summed E-state index contributed by atoms with van der Waals surface area (Å²) in [5.41, 5.74) is -0.311. The van der Waals surface area contributed by atoms with Crippen LogP contribution < -0.4 is 49.4 Å². The summed E-state index contributed by atoms with van der Waals surface area (Å²) in [4.78, 5) is 40.0. The number of amides is 1. The van der Waals surface area contributed by atoms with Crippen LogP contribution in [0.5, 0.6) is 0 Å². The number of rotatable bonds is 10. The maximum Gasteiger partial charge on any atom is 1.00 e. The molecule has 16 heteroatoms. The first-order valence-electron chi connectivity index (χ1n) is 10.3. The molecule has 2 aliphatic rings. The molecule has 1 aromatic heterocycles. The van der Waals surface area contributed by atoms with Crippen molar-refractivity contribution in [1.29, 1.82) is 0 Å². The zero-order valence-corrected chi connectivity index (χ0v) is 25.5. The summed E-state index contributed by atoms with van der Waals surface area (Å²) in [5.74, 6) is -1.45. The Morgan fingerprint density at radius 2 is 1.97 bits per heavy atom. The van der Waals surface area contributed by atoms with E-state index in [1.807, 2.05) is 6.08 Å². The number of aromatic nitrogens is 1. The molecule has 36 heavy (non-hydrogen) atoms. The number of thiazole rings is 1. The zero-order chi connectivity index (χ0) is 25.8. The first kappa shape index (κ1) is 31.3. The van der Waals surface area contributed by atoms with Gasteiger partial charge in [0.15, 0.2) is 0 Å². The smallest absolute Gasteiger partial charge is 0.548 e. The van der Waals surface area contributed by atoms with Gasteiger partial charge in [-0.1, -0.05) is 30.1 Å². The van der Waals surface area contributed by atoms with Gasteiger partial charge in [0.1, 0.15) is 13.9 Å². The molecule has 0 saturated carbocycles. The maximum atomic E-state index is 13.1. The number of nitrogens with zero attached hydrogens (tertiary/aromatic N) is 3. The number of hydrogen-bond donors (Lipinski definition) is 1. The van der Waals surface area contributed by atoms with Gasteiger partial charge in [0, 0.05) is 25.4 Å². The average Bonchev–Trinajstić information content (AvgIpc) is 3.42. The number of carboxylic acid groups (broad SMARTS) is 1. The Morgan fingerprint density at radius 3 is 2.61 bits per heavy atom. The first-order chi connectivity index (χ1) is 16.5. The second kappa shape index (κ2) is 13.8. The number of carboxylic acids is 1. The number of thioether (sulfide) groups is 2. The van der Waals surface area contributed by atoms with Crippen LogP contribution in [0.25, 0.3) is 11.0 Å². The molecular weight excluding hydrogens is 578 g/mol. The minimum atomic E-state index is -3.97. The van der Waals surface area contributed by atoms with E-state index in [1.165, 1.54) is 10.6 Å². The maximum absolute atomic E-state index is 13.1. The summed E-state index contributed by atoms with van der Waals surface area (Å²) in [6, 6.07) is 0. The molecule has 0 aromatic carbocycles. The van der Waals surface area contributed by atoms with E-state index in [4.69, 9.17) is 16.8 Å². The van der Waals surface area contributed by atoms with Crippen molar-refractivity contribution in [2.24, 2.45) is 0 Å². The van der Waals surface area contributed by atoms with Crippen LogP contribution >= 0.6 is 47.1 Å². The monoisotopic (exact) mass is 599 g/mol. The molecule has 2 fully saturated rings. The molecule has 10 nitrogen and oxygen atoms in total. The molecule has 3 heterocycles. The van der Waals surface area contributed by atoms with Crippen molar-refractivity contribution < 1.29 is 57.2 Å². The first-order valence-corrected chi connectivity index (χ1v) is 15.0. The Hall–Kier alpha value is -0.910. The molecule has 2 aliphatic heterocycles. The Kier molecular flexibility index (Phi) is 12.0. The van der Waals surface area contributed by atoms with Crippen molar-refractivity contribution in [1.82, 2.24) is 14.4 Å². The van der Waals surface area contributed by atoms with Gasteiger partial charge >= 0.3 is 29.6 Å². The average molecular weight is 600 g/mol. The topological polar surface area (TPSA) is 140 Å². The minimum Gasteiger partial charge on any atom is -0.548 e. The largest absolute Gasteiger partial charge is 1.00 e. The summed E-state index contributed by atoms with van der Waals surface area (Å²) in [7, 11) is -3.97. The van der Waals surface area contributed by atoms with Crippen LogP contribution in [0.1, 0.15) is 12.8 Å². The van der Waals surface area contributed by atoms with Crippen molar-refractivity contribution in [3.8, 4) is 0 Å². The number of carbonyl (C=O) groups is 2. The molecule has 190 valence electrons. The van der Waals surface area contributed by atoms with Crippen LogP contribution in [0.15, 0.2) is 28.6 Å². The van der Waals surface area contributed by atoms with Gasteiger partial charge in [0.2, 0.25) is 0 Å². The van der Waals surface area contributed by atoms with Crippen molar-refractivity contribution in [3.05, 3.63) is 43.3 Å². The predicted octanol–water partition coefficient (Wildman–Crippen LogP) is -3.84. The van der Waals surface area contributed by atoms with Gasteiger partial charge in [-0.25, -0.2) is 0 Å². The molecular formula is C20H22N3NaO7S5. The summed E-state index contributed by atoms with van der Waals surface area (Å²) in [6.45, 7) is 4.57. The SMILES string of the molecule is C=CCn1c(=O)/c(=C/C=C2\SCCN2CCCCS(=O)(=O)O)s/c1=C1\SC(=S)N(CC(=O)[O-])C1=O.[Na+]. The fourth-order valence-corrected chi connectivity index (χ4v) is 7.44. The van der Waals surface area contributed by atoms with Crippen molar-refractivity contribution in [3.63, 3.8) is 0 Å². The van der Waals surface area contributed by atoms with Crippen molar-refractivity contribution in [2.45, 2.75) is 19.4 Å². The quantitative estimate of drug-likeness (QED) is 0.0930. The van der Waals surface area contributed by atoms with Gasteiger partial charge in [-0.2, -0.15) is 8.42 Å². The predicted molar refractivity (Wildman–Crippen MR) is 141 cm³/mol. The molecule has 0 aliphatic carbocycles. The molecule has 1 amide bonds. The summed E-state index contributed by atoms with van der Waals surface area (Å²) >= 11 is 8.81. The van der Waals surface area contributed by atoms with Gasteiger partial charge in [-0.05, 0) is 25.0 Å². The molecule has 0 unspecified atom stereocenters. The second-order valence-corrected chi connectivity index (χ2v) is 12.8. The number of allylic oxidation sites excluding steroid dienone is 2. The van der Waals surface area contributed by atoms with Gasteiger partial charge in [0.05, 0.1) is 27.8 Å². The Morgan fingerprint density at radius 1 is 1.25 bits per heavy atom. The number of hydrogen-bond acceptors (Lipinski definition) is 11. The van der Waals surface area contributed by atoms with Crippen LogP contribution in [-0.4, -0.2) is 74.7 Å². The molecule has 0 spiro atoms. The van der Waals surface area contributed by atoms with Crippen LogP contribution in [0.3, 0.4) is 0 Å². The van der Waals surface area contributed by atoms with E-state index in [1.54, 1.807) is 17.8 Å². The third-order valence-corrected chi connectivity index (χ3v) is 9.53. The molecule has 2 saturated heterocycles. The molecule has 0 radical (unpaired) electrons. The second-order valence-electron chi connectivity index (χ2n) is 7.44. The minimum absolute atomic E-state index is 0. The molecule has 0 bridgehead atoms. The van der Waals surface area contributed by atoms with Crippen LogP contribution in [0, 0.1) is 0 Å². The standard InChI is InChI=1S/C20H23N3O7S5.Na/c1-2-7-22-17(26)13(33-19(22)16-18(27)23(12-15(24)25)20(31)34-16)5-6-14-21(9-10-32-14)8-3-4-11-35(28,29)30;/h2,5-6H,1,3-4,7-12H2,(H,24,25)(H,28,29,30);/q;+1/p-1/b13-5-,14-6-,19-16-;. The number of aliphatic carboxylic acids is 1. The third kappa shape index (κ3) is 8.04. The van der Waals surface area contributed by atoms with E-state index < -0.39 is 28.5 Å².